The van der Waals surface area contributed by atoms with Crippen molar-refractivity contribution >= 4 is 27.2 Å². The van der Waals surface area contributed by atoms with E-state index in [-0.39, 0.29) is 28.3 Å². The molecule has 158 valence electrons. The van der Waals surface area contributed by atoms with Crippen LogP contribution in [0, 0.1) is 10.1 Å². The van der Waals surface area contributed by atoms with Gasteiger partial charge in [0, 0.05) is 36.3 Å². The van der Waals surface area contributed by atoms with Crippen molar-refractivity contribution in [2.24, 2.45) is 0 Å². The Kier molecular flexibility index (Phi) is 5.57. The van der Waals surface area contributed by atoms with E-state index in [0.29, 0.717) is 37.2 Å². The second-order valence-corrected chi connectivity index (χ2v) is 9.96. The monoisotopic (exact) mass is 429 g/mol. The molecule has 1 saturated heterocycles. The van der Waals surface area contributed by atoms with Crippen molar-refractivity contribution in [1.29, 1.82) is 0 Å². The maximum atomic E-state index is 12.6. The molecule has 0 atom stereocenters. The SMILES string of the molecule is O=C(c1ccccc1)c1ccc(NC2CCN(S(=O)(=O)C3CC3)CC2)c([N+](=O)[O-])c1. The molecule has 2 aliphatic rings. The first-order chi connectivity index (χ1) is 14.4. The molecule has 1 aliphatic carbocycles. The van der Waals surface area contributed by atoms with Crippen LogP contribution in [-0.2, 0) is 10.0 Å². The van der Waals surface area contributed by atoms with Crippen LogP contribution in [0.1, 0.15) is 41.6 Å². The summed E-state index contributed by atoms with van der Waals surface area (Å²) in [6, 6.07) is 13.0. The van der Waals surface area contributed by atoms with Crippen LogP contribution in [0.5, 0.6) is 0 Å². The highest BCUT2D eigenvalue weighted by atomic mass is 32.2. The molecule has 2 fully saturated rings. The molecule has 4 rings (SSSR count). The highest BCUT2D eigenvalue weighted by Gasteiger charge is 2.41. The van der Waals surface area contributed by atoms with Crippen LogP contribution in [0.15, 0.2) is 48.5 Å². The van der Waals surface area contributed by atoms with Gasteiger partial charge >= 0.3 is 0 Å². The Hall–Kier alpha value is -2.78. The summed E-state index contributed by atoms with van der Waals surface area (Å²) in [5, 5.41) is 14.6. The van der Waals surface area contributed by atoms with Gasteiger partial charge in [-0.15, -0.1) is 0 Å². The van der Waals surface area contributed by atoms with Gasteiger partial charge in [-0.2, -0.15) is 0 Å². The van der Waals surface area contributed by atoms with Crippen LogP contribution in [0.3, 0.4) is 0 Å². The van der Waals surface area contributed by atoms with E-state index in [4.69, 9.17) is 0 Å². The van der Waals surface area contributed by atoms with E-state index in [1.165, 1.54) is 6.07 Å². The number of sulfonamides is 1. The number of nitro benzene ring substituents is 1. The van der Waals surface area contributed by atoms with E-state index >= 15 is 0 Å². The van der Waals surface area contributed by atoms with E-state index in [0.717, 1.165) is 12.8 Å². The van der Waals surface area contributed by atoms with Gasteiger partial charge in [0.25, 0.3) is 5.69 Å². The van der Waals surface area contributed by atoms with Crippen molar-refractivity contribution in [2.45, 2.75) is 37.0 Å². The zero-order valence-electron chi connectivity index (χ0n) is 16.4. The van der Waals surface area contributed by atoms with Gasteiger partial charge in [-0.1, -0.05) is 30.3 Å². The van der Waals surface area contributed by atoms with E-state index in [9.17, 15) is 23.3 Å². The van der Waals surface area contributed by atoms with Crippen LogP contribution in [0.25, 0.3) is 0 Å². The molecule has 1 aliphatic heterocycles. The number of ketones is 1. The number of hydrogen-bond donors (Lipinski definition) is 1. The standard InChI is InChI=1S/C21H23N3O5S/c25-21(15-4-2-1-3-5-15)16-6-9-19(20(14-16)24(26)27)22-17-10-12-23(13-11-17)30(28,29)18-7-8-18/h1-6,9,14,17-18,22H,7-8,10-13H2. The second kappa shape index (κ2) is 8.16. The molecule has 0 amide bonds. The molecule has 0 unspecified atom stereocenters. The van der Waals surface area contributed by atoms with Gasteiger partial charge in [0.2, 0.25) is 10.0 Å². The molecule has 9 heteroatoms. The number of nitrogens with zero attached hydrogens (tertiary/aromatic N) is 2. The predicted octanol–water partition coefficient (Wildman–Crippen LogP) is 3.19. The van der Waals surface area contributed by atoms with Gasteiger partial charge in [-0.05, 0) is 37.8 Å². The number of carbonyl (C=O) groups excluding carboxylic acids is 1. The van der Waals surface area contributed by atoms with Crippen LogP contribution < -0.4 is 5.32 Å². The van der Waals surface area contributed by atoms with Crippen LogP contribution in [0.2, 0.25) is 0 Å². The maximum absolute atomic E-state index is 12.6. The number of nitro groups is 1. The zero-order valence-corrected chi connectivity index (χ0v) is 17.2. The fourth-order valence-electron chi connectivity index (χ4n) is 3.75. The summed E-state index contributed by atoms with van der Waals surface area (Å²) in [6.45, 7) is 0.823. The van der Waals surface area contributed by atoms with Gasteiger partial charge in [-0.3, -0.25) is 14.9 Å². The largest absolute Gasteiger partial charge is 0.377 e. The number of carbonyl (C=O) groups is 1. The molecule has 1 saturated carbocycles. The van der Waals surface area contributed by atoms with Crippen molar-refractivity contribution < 1.29 is 18.1 Å². The quantitative estimate of drug-likeness (QED) is 0.411. The molecule has 8 nitrogen and oxygen atoms in total. The summed E-state index contributed by atoms with van der Waals surface area (Å²) in [5.74, 6) is -0.274. The molecule has 30 heavy (non-hydrogen) atoms. The first-order valence-corrected chi connectivity index (χ1v) is 11.5. The van der Waals surface area contributed by atoms with Crippen LogP contribution in [-0.4, -0.2) is 47.8 Å². The third-order valence-corrected chi connectivity index (χ3v) is 8.01. The fourth-order valence-corrected chi connectivity index (χ4v) is 5.63. The molecule has 0 bridgehead atoms. The van der Waals surface area contributed by atoms with E-state index in [1.807, 2.05) is 0 Å². The highest BCUT2D eigenvalue weighted by molar-refractivity contribution is 7.90. The lowest BCUT2D eigenvalue weighted by atomic mass is 10.0. The average molecular weight is 429 g/mol. The Bertz CT molecular complexity index is 1060. The average Bonchev–Trinajstić information content (AvgIpc) is 3.60. The molecular weight excluding hydrogens is 406 g/mol. The van der Waals surface area contributed by atoms with E-state index in [1.54, 1.807) is 46.8 Å². The van der Waals surface area contributed by atoms with Gasteiger partial charge in [0.15, 0.2) is 5.78 Å². The second-order valence-electron chi connectivity index (χ2n) is 7.75. The molecule has 1 N–H and O–H groups in total. The van der Waals surface area contributed by atoms with Crippen molar-refractivity contribution in [3.05, 3.63) is 69.8 Å². The van der Waals surface area contributed by atoms with Crippen molar-refractivity contribution in [2.75, 3.05) is 18.4 Å². The topological polar surface area (TPSA) is 110 Å². The zero-order chi connectivity index (χ0) is 21.3. The maximum Gasteiger partial charge on any atom is 0.293 e. The lowest BCUT2D eigenvalue weighted by Crippen LogP contribution is -2.43. The number of nitrogens with one attached hydrogen (secondary N) is 1. The molecule has 0 radical (unpaired) electrons. The number of anilines is 1. The number of benzene rings is 2. The fraction of sp³-hybridized carbons (Fsp3) is 0.381. The minimum Gasteiger partial charge on any atom is -0.377 e. The van der Waals surface area contributed by atoms with Gasteiger partial charge in [0.05, 0.1) is 10.2 Å². The van der Waals surface area contributed by atoms with Crippen molar-refractivity contribution in [3.63, 3.8) is 0 Å². The number of hydrogen-bond acceptors (Lipinski definition) is 6. The molecular formula is C21H23N3O5S. The first kappa shape index (κ1) is 20.5. The third kappa shape index (κ3) is 4.22. The highest BCUT2D eigenvalue weighted by Crippen LogP contribution is 2.33. The summed E-state index contributed by atoms with van der Waals surface area (Å²) < 4.78 is 26.3. The summed E-state index contributed by atoms with van der Waals surface area (Å²) in [4.78, 5) is 23.7. The van der Waals surface area contributed by atoms with Gasteiger partial charge in [0.1, 0.15) is 5.69 Å². The lowest BCUT2D eigenvalue weighted by Gasteiger charge is -2.32. The van der Waals surface area contributed by atoms with Crippen LogP contribution >= 0.6 is 0 Å². The van der Waals surface area contributed by atoms with Gasteiger partial charge in [-0.25, -0.2) is 12.7 Å². The number of piperidine rings is 1. The van der Waals surface area contributed by atoms with Crippen molar-refractivity contribution in [1.82, 2.24) is 4.31 Å². The summed E-state index contributed by atoms with van der Waals surface area (Å²) in [5.41, 5.74) is 0.901. The summed E-state index contributed by atoms with van der Waals surface area (Å²) in [6.07, 6.45) is 2.63. The Morgan fingerprint density at radius 2 is 1.67 bits per heavy atom. The lowest BCUT2D eigenvalue weighted by molar-refractivity contribution is -0.384. The van der Waals surface area contributed by atoms with E-state index in [2.05, 4.69) is 5.32 Å². The predicted molar refractivity (Wildman–Crippen MR) is 113 cm³/mol. The van der Waals surface area contributed by atoms with Crippen LogP contribution in [0.4, 0.5) is 11.4 Å². The Balaban J connectivity index is 1.47. The van der Waals surface area contributed by atoms with Gasteiger partial charge < -0.3 is 5.32 Å². The minimum atomic E-state index is -3.19. The molecule has 0 spiro atoms. The Labute approximate surface area is 175 Å². The normalized spacial score (nSPS) is 18.1. The molecule has 0 aromatic heterocycles. The van der Waals surface area contributed by atoms with Crippen molar-refractivity contribution in [3.8, 4) is 0 Å². The first-order valence-electron chi connectivity index (χ1n) is 10.00. The Morgan fingerprint density at radius 3 is 2.27 bits per heavy atom. The Morgan fingerprint density at radius 1 is 1.00 bits per heavy atom. The summed E-state index contributed by atoms with van der Waals surface area (Å²) >= 11 is 0. The smallest absolute Gasteiger partial charge is 0.293 e. The van der Waals surface area contributed by atoms with E-state index < -0.39 is 14.9 Å². The minimum absolute atomic E-state index is 0.0648. The number of rotatable bonds is 7. The molecule has 1 heterocycles. The summed E-state index contributed by atoms with van der Waals surface area (Å²) in [7, 11) is -3.19. The molecule has 2 aromatic rings. The third-order valence-electron chi connectivity index (χ3n) is 5.61. The molecule has 2 aromatic carbocycles.